The van der Waals surface area contributed by atoms with Crippen molar-refractivity contribution in [3.63, 3.8) is 0 Å². The summed E-state index contributed by atoms with van der Waals surface area (Å²) in [6.07, 6.45) is 4.62. The Morgan fingerprint density at radius 1 is 0.930 bits per heavy atom. The van der Waals surface area contributed by atoms with Crippen molar-refractivity contribution >= 4 is 56.9 Å². The van der Waals surface area contributed by atoms with Gasteiger partial charge in [0.2, 0.25) is 11.8 Å². The number of carbonyl (C=O) groups excluding carboxylic acids is 5. The normalized spacial score (nSPS) is 12.6. The number of anilines is 1. The molecule has 15 heteroatoms. The van der Waals surface area contributed by atoms with Crippen molar-refractivity contribution in [3.8, 4) is 0 Å². The van der Waals surface area contributed by atoms with Crippen LogP contribution >= 0.6 is 0 Å². The van der Waals surface area contributed by atoms with Crippen LogP contribution in [0.2, 0.25) is 0 Å². The summed E-state index contributed by atoms with van der Waals surface area (Å²) in [5.41, 5.74) is 13.3. The van der Waals surface area contributed by atoms with E-state index in [9.17, 15) is 24.0 Å². The number of fused-ring (bicyclic) bond motifs is 3. The van der Waals surface area contributed by atoms with Gasteiger partial charge in [0.25, 0.3) is 0 Å². The van der Waals surface area contributed by atoms with Crippen LogP contribution in [0.3, 0.4) is 0 Å². The van der Waals surface area contributed by atoms with Crippen molar-refractivity contribution in [3.05, 3.63) is 65.0 Å². The summed E-state index contributed by atoms with van der Waals surface area (Å²) in [5.74, 6) is 0.462. The molecule has 0 aliphatic heterocycles. The molecule has 0 fully saturated rings. The summed E-state index contributed by atoms with van der Waals surface area (Å²) in [5, 5.41) is 3.62. The number of nitrogens with one attached hydrogen (secondary N) is 1. The number of carbonyl (C=O) groups is 5. The van der Waals surface area contributed by atoms with Gasteiger partial charge in [-0.2, -0.15) is 0 Å². The van der Waals surface area contributed by atoms with Crippen molar-refractivity contribution in [1.29, 1.82) is 0 Å². The molecule has 0 saturated heterocycles. The number of pyridine rings is 1. The smallest absolute Gasteiger partial charge is 0.224 e. The summed E-state index contributed by atoms with van der Waals surface area (Å²) in [7, 11) is 0. The van der Waals surface area contributed by atoms with Gasteiger partial charge in [0, 0.05) is 61.1 Å². The van der Waals surface area contributed by atoms with Crippen molar-refractivity contribution in [2.75, 3.05) is 12.3 Å². The van der Waals surface area contributed by atoms with Gasteiger partial charge in [-0.3, -0.25) is 28.8 Å². The molecule has 2 amide bonds. The van der Waals surface area contributed by atoms with Gasteiger partial charge in [0.1, 0.15) is 29.6 Å². The molecule has 0 aliphatic rings. The maximum Gasteiger partial charge on any atom is 0.224 e. The zero-order valence-corrected chi connectivity index (χ0v) is 33.1. The number of amides is 2. The van der Waals surface area contributed by atoms with E-state index in [1.54, 1.807) is 13.8 Å². The van der Waals surface area contributed by atoms with Crippen molar-refractivity contribution in [2.45, 2.75) is 117 Å². The SMILES string of the molecule is CCCCc1nc2c(N)nc3ccccc3c2n1CCCCCC(=O)c1cc(F)c(CC(=O)[C@H](CCCCC(N)=O)NC(=O)[C@@H](CC(=O)CON)C(C)C)c(F)c1. The minimum absolute atomic E-state index is 0.0580. The summed E-state index contributed by atoms with van der Waals surface area (Å²) < 4.78 is 33.1. The molecule has 2 atom stereocenters. The van der Waals surface area contributed by atoms with Crippen LogP contribution in [-0.4, -0.2) is 56.3 Å². The Morgan fingerprint density at radius 3 is 2.30 bits per heavy atom. The monoisotopic (exact) mass is 791 g/mol. The van der Waals surface area contributed by atoms with E-state index in [1.807, 2.05) is 24.3 Å². The highest BCUT2D eigenvalue weighted by atomic mass is 19.1. The number of unbranched alkanes of at least 4 members (excludes halogenated alkanes) is 4. The molecular formula is C42H55F2N7O6. The first-order valence-corrected chi connectivity index (χ1v) is 19.7. The fraction of sp³-hybridized carbons (Fsp3) is 0.500. The fourth-order valence-corrected chi connectivity index (χ4v) is 7.05. The number of benzene rings is 2. The number of aryl methyl sites for hydroxylation is 2. The van der Waals surface area contributed by atoms with Crippen LogP contribution in [0.1, 0.15) is 113 Å². The number of ketones is 3. The Balaban J connectivity index is 1.40. The number of aromatic nitrogens is 3. The van der Waals surface area contributed by atoms with Gasteiger partial charge in [-0.05, 0) is 56.2 Å². The average molecular weight is 792 g/mol. The number of primary amides is 1. The molecular weight excluding hydrogens is 737 g/mol. The van der Waals surface area contributed by atoms with E-state index in [-0.39, 0.29) is 43.8 Å². The van der Waals surface area contributed by atoms with E-state index in [2.05, 4.69) is 26.6 Å². The molecule has 0 saturated carbocycles. The van der Waals surface area contributed by atoms with Crippen molar-refractivity contribution < 1.29 is 37.6 Å². The molecule has 2 heterocycles. The number of imidazole rings is 1. The Morgan fingerprint density at radius 2 is 1.63 bits per heavy atom. The zero-order valence-electron chi connectivity index (χ0n) is 33.1. The van der Waals surface area contributed by atoms with Gasteiger partial charge in [-0.25, -0.2) is 24.6 Å². The molecule has 0 spiro atoms. The number of nitrogen functional groups attached to an aromatic ring is 1. The predicted octanol–water partition coefficient (Wildman–Crippen LogP) is 5.99. The second-order valence-electron chi connectivity index (χ2n) is 15.0. The lowest BCUT2D eigenvalue weighted by molar-refractivity contribution is -0.134. The molecule has 0 aliphatic carbocycles. The van der Waals surface area contributed by atoms with E-state index in [4.69, 9.17) is 22.3 Å². The molecule has 13 nitrogen and oxygen atoms in total. The summed E-state index contributed by atoms with van der Waals surface area (Å²) in [4.78, 5) is 77.1. The topological polar surface area (TPSA) is 215 Å². The van der Waals surface area contributed by atoms with E-state index < -0.39 is 64.7 Å². The summed E-state index contributed by atoms with van der Waals surface area (Å²) >= 11 is 0. The van der Waals surface area contributed by atoms with Crippen LogP contribution in [-0.2, 0) is 43.4 Å². The van der Waals surface area contributed by atoms with E-state index in [0.717, 1.165) is 60.1 Å². The largest absolute Gasteiger partial charge is 0.382 e. The Kier molecular flexibility index (Phi) is 16.7. The molecule has 0 unspecified atom stereocenters. The number of Topliss-reactive ketones (excluding diaryl/α,β-unsaturated/α-hetero) is 3. The Labute approximate surface area is 331 Å². The van der Waals surface area contributed by atoms with E-state index in [0.29, 0.717) is 43.6 Å². The maximum atomic E-state index is 15.4. The van der Waals surface area contributed by atoms with Gasteiger partial charge in [0.05, 0.1) is 17.1 Å². The molecule has 0 bridgehead atoms. The van der Waals surface area contributed by atoms with E-state index >= 15 is 8.78 Å². The molecule has 4 aromatic rings. The van der Waals surface area contributed by atoms with Crippen LogP contribution < -0.4 is 22.7 Å². The minimum atomic E-state index is -1.16. The van der Waals surface area contributed by atoms with Gasteiger partial charge in [-0.1, -0.05) is 58.2 Å². The second kappa shape index (κ2) is 21.4. The summed E-state index contributed by atoms with van der Waals surface area (Å²) in [6.45, 7) is 5.85. The third-order valence-electron chi connectivity index (χ3n) is 10.2. The lowest BCUT2D eigenvalue weighted by Crippen LogP contribution is -2.46. The highest BCUT2D eigenvalue weighted by Crippen LogP contribution is 2.30. The third kappa shape index (κ3) is 12.2. The summed E-state index contributed by atoms with van der Waals surface area (Å²) in [6, 6.07) is 8.50. The fourth-order valence-electron chi connectivity index (χ4n) is 7.05. The van der Waals surface area contributed by atoms with Crippen LogP contribution in [0.5, 0.6) is 0 Å². The quantitative estimate of drug-likeness (QED) is 0.0349. The molecule has 4 rings (SSSR count). The Hall–Kier alpha value is -5.15. The predicted molar refractivity (Wildman–Crippen MR) is 214 cm³/mol. The van der Waals surface area contributed by atoms with Gasteiger partial charge in [-0.15, -0.1) is 0 Å². The number of nitrogens with zero attached hydrogens (tertiary/aromatic N) is 3. The number of para-hydroxylation sites is 1. The standard InChI is InChI=1S/C42H55F2N7O6/c1-4-5-18-38-50-39-40(28-13-8-9-14-33(28)48-41(39)46)51(38)19-12-6-7-16-35(53)26-20-31(43)30(32(44)21-26)23-36(54)34(15-10-11-17-37(45)55)49-42(56)29(25(2)3)22-27(52)24-57-47/h8-9,13-14,20-21,25,29,34H,4-7,10-12,15-19,22-24,47H2,1-3H3,(H2,45,55)(H2,46,48)(H,49,56)/t29-,34-/m0/s1. The third-order valence-corrected chi connectivity index (χ3v) is 10.2. The number of hydrogen-bond donors (Lipinski definition) is 4. The van der Waals surface area contributed by atoms with Gasteiger partial charge >= 0.3 is 0 Å². The highest BCUT2D eigenvalue weighted by Gasteiger charge is 2.30. The van der Waals surface area contributed by atoms with Crippen LogP contribution in [0, 0.1) is 23.5 Å². The first kappa shape index (κ1) is 44.6. The molecule has 308 valence electrons. The van der Waals surface area contributed by atoms with Gasteiger partial charge in [0.15, 0.2) is 23.2 Å². The van der Waals surface area contributed by atoms with Crippen LogP contribution in [0.4, 0.5) is 14.6 Å². The number of halogens is 2. The van der Waals surface area contributed by atoms with Crippen molar-refractivity contribution in [2.24, 2.45) is 23.5 Å². The molecule has 0 radical (unpaired) electrons. The number of hydrogen-bond acceptors (Lipinski definition) is 10. The van der Waals surface area contributed by atoms with Crippen LogP contribution in [0.25, 0.3) is 21.9 Å². The lowest BCUT2D eigenvalue weighted by Gasteiger charge is -2.24. The van der Waals surface area contributed by atoms with E-state index in [1.165, 1.54) is 0 Å². The zero-order chi connectivity index (χ0) is 41.6. The lowest BCUT2D eigenvalue weighted by atomic mass is 9.89. The Bertz CT molecular complexity index is 2040. The van der Waals surface area contributed by atoms with Gasteiger partial charge < -0.3 is 21.4 Å². The number of rotatable bonds is 25. The van der Waals surface area contributed by atoms with Crippen LogP contribution in [0.15, 0.2) is 36.4 Å². The van der Waals surface area contributed by atoms with Crippen molar-refractivity contribution in [1.82, 2.24) is 19.9 Å². The highest BCUT2D eigenvalue weighted by molar-refractivity contribution is 6.06. The first-order chi connectivity index (χ1) is 27.2. The molecule has 57 heavy (non-hydrogen) atoms. The second-order valence-corrected chi connectivity index (χ2v) is 15.0. The average Bonchev–Trinajstić information content (AvgIpc) is 3.54. The molecule has 2 aromatic heterocycles. The molecule has 7 N–H and O–H groups in total. The maximum absolute atomic E-state index is 15.4. The number of nitrogens with two attached hydrogens (primary N) is 3. The molecule has 2 aromatic carbocycles. The minimum Gasteiger partial charge on any atom is -0.382 e. The first-order valence-electron chi connectivity index (χ1n) is 19.7.